The molecule has 22 heavy (non-hydrogen) atoms. The van der Waals surface area contributed by atoms with Gasteiger partial charge in [-0.05, 0) is 44.0 Å². The smallest absolute Gasteiger partial charge is 0.253 e. The standard InChI is InChI=1S/C15H22N2O4S/c1-3-21-14-8-6-12(7-9-14)15(18)17-10-4-5-13(11-17)16-22(2,19)20/h6-9,13,16H,3-5,10-11H2,1-2H3/t13-/m0/s1. The third-order valence-electron chi connectivity index (χ3n) is 3.50. The van der Waals surface area contributed by atoms with Crippen molar-refractivity contribution in [3.8, 4) is 5.75 Å². The van der Waals surface area contributed by atoms with Crippen molar-refractivity contribution in [1.82, 2.24) is 9.62 Å². The first-order valence-corrected chi connectivity index (χ1v) is 9.27. The number of benzene rings is 1. The molecule has 1 aliphatic rings. The van der Waals surface area contributed by atoms with E-state index in [1.807, 2.05) is 6.92 Å². The summed E-state index contributed by atoms with van der Waals surface area (Å²) in [5.41, 5.74) is 0.587. The fourth-order valence-electron chi connectivity index (χ4n) is 2.60. The number of ether oxygens (including phenoxy) is 1. The molecule has 122 valence electrons. The number of sulfonamides is 1. The molecule has 1 atom stereocenters. The number of likely N-dealkylation sites (tertiary alicyclic amines) is 1. The second-order valence-corrected chi connectivity index (χ2v) is 7.22. The van der Waals surface area contributed by atoms with Crippen molar-refractivity contribution in [3.05, 3.63) is 29.8 Å². The number of hydrogen-bond acceptors (Lipinski definition) is 4. The number of piperidine rings is 1. The minimum absolute atomic E-state index is 0.0805. The number of rotatable bonds is 5. The molecule has 1 N–H and O–H groups in total. The molecular formula is C15H22N2O4S. The number of nitrogens with one attached hydrogen (secondary N) is 1. The largest absolute Gasteiger partial charge is 0.494 e. The van der Waals surface area contributed by atoms with Gasteiger partial charge in [-0.25, -0.2) is 13.1 Å². The number of carbonyl (C=O) groups excluding carboxylic acids is 1. The van der Waals surface area contributed by atoms with E-state index >= 15 is 0 Å². The maximum atomic E-state index is 12.5. The average Bonchev–Trinajstić information content (AvgIpc) is 2.46. The van der Waals surface area contributed by atoms with Gasteiger partial charge in [0.1, 0.15) is 5.75 Å². The van der Waals surface area contributed by atoms with Gasteiger partial charge in [0, 0.05) is 24.7 Å². The molecular weight excluding hydrogens is 304 g/mol. The summed E-state index contributed by atoms with van der Waals surface area (Å²) in [7, 11) is -3.25. The number of nitrogens with zero attached hydrogens (tertiary/aromatic N) is 1. The van der Waals surface area contributed by atoms with Gasteiger partial charge in [0.15, 0.2) is 0 Å². The molecule has 1 saturated heterocycles. The van der Waals surface area contributed by atoms with E-state index in [4.69, 9.17) is 4.74 Å². The predicted octanol–water partition coefficient (Wildman–Crippen LogP) is 1.24. The lowest BCUT2D eigenvalue weighted by Crippen LogP contribution is -2.49. The van der Waals surface area contributed by atoms with Gasteiger partial charge in [0.25, 0.3) is 5.91 Å². The van der Waals surface area contributed by atoms with Crippen molar-refractivity contribution in [2.24, 2.45) is 0 Å². The lowest BCUT2D eigenvalue weighted by Gasteiger charge is -2.32. The van der Waals surface area contributed by atoms with Gasteiger partial charge >= 0.3 is 0 Å². The Balaban J connectivity index is 2.02. The van der Waals surface area contributed by atoms with E-state index in [-0.39, 0.29) is 11.9 Å². The van der Waals surface area contributed by atoms with Crippen LogP contribution in [-0.4, -0.2) is 51.2 Å². The number of carbonyl (C=O) groups is 1. The van der Waals surface area contributed by atoms with E-state index in [0.29, 0.717) is 25.3 Å². The average molecular weight is 326 g/mol. The molecule has 1 aliphatic heterocycles. The van der Waals surface area contributed by atoms with Crippen molar-refractivity contribution >= 4 is 15.9 Å². The van der Waals surface area contributed by atoms with Crippen LogP contribution in [-0.2, 0) is 10.0 Å². The Morgan fingerprint density at radius 2 is 2.05 bits per heavy atom. The van der Waals surface area contributed by atoms with Crippen LogP contribution < -0.4 is 9.46 Å². The van der Waals surface area contributed by atoms with Crippen LogP contribution in [0.3, 0.4) is 0 Å². The highest BCUT2D eigenvalue weighted by atomic mass is 32.2. The Morgan fingerprint density at radius 1 is 1.36 bits per heavy atom. The quantitative estimate of drug-likeness (QED) is 0.883. The summed E-state index contributed by atoms with van der Waals surface area (Å²) in [5.74, 6) is 0.650. The molecule has 1 fully saturated rings. The summed E-state index contributed by atoms with van der Waals surface area (Å²) < 4.78 is 30.6. The minimum Gasteiger partial charge on any atom is -0.494 e. The van der Waals surface area contributed by atoms with Gasteiger partial charge in [-0.15, -0.1) is 0 Å². The van der Waals surface area contributed by atoms with Gasteiger partial charge in [-0.2, -0.15) is 0 Å². The Morgan fingerprint density at radius 3 is 2.64 bits per heavy atom. The van der Waals surface area contributed by atoms with Crippen LogP contribution in [0.1, 0.15) is 30.1 Å². The minimum atomic E-state index is -3.25. The van der Waals surface area contributed by atoms with Crippen LogP contribution >= 0.6 is 0 Å². The van der Waals surface area contributed by atoms with Crippen molar-refractivity contribution in [3.63, 3.8) is 0 Å². The van der Waals surface area contributed by atoms with E-state index in [1.165, 1.54) is 0 Å². The monoisotopic (exact) mass is 326 g/mol. The Hall–Kier alpha value is -1.60. The molecule has 1 heterocycles. The maximum Gasteiger partial charge on any atom is 0.253 e. The lowest BCUT2D eigenvalue weighted by molar-refractivity contribution is 0.0703. The zero-order valence-corrected chi connectivity index (χ0v) is 13.7. The van der Waals surface area contributed by atoms with Gasteiger partial charge in [-0.1, -0.05) is 0 Å². The molecule has 6 nitrogen and oxygen atoms in total. The summed E-state index contributed by atoms with van der Waals surface area (Å²) in [6.45, 7) is 3.53. The summed E-state index contributed by atoms with van der Waals surface area (Å²) >= 11 is 0. The van der Waals surface area contributed by atoms with E-state index < -0.39 is 10.0 Å². The second-order valence-electron chi connectivity index (χ2n) is 5.44. The van der Waals surface area contributed by atoms with E-state index in [1.54, 1.807) is 29.2 Å². The first-order valence-electron chi connectivity index (χ1n) is 7.38. The molecule has 2 rings (SSSR count). The molecule has 0 bridgehead atoms. The molecule has 1 aromatic rings. The SMILES string of the molecule is CCOc1ccc(C(=O)N2CCC[C@H](NS(C)(=O)=O)C2)cc1. The van der Waals surface area contributed by atoms with Crippen LogP contribution in [0.5, 0.6) is 5.75 Å². The molecule has 0 aliphatic carbocycles. The molecule has 0 spiro atoms. The van der Waals surface area contributed by atoms with Crippen molar-refractivity contribution in [2.75, 3.05) is 26.0 Å². The third kappa shape index (κ3) is 4.71. The summed E-state index contributed by atoms with van der Waals surface area (Å²) in [5, 5.41) is 0. The fraction of sp³-hybridized carbons (Fsp3) is 0.533. The van der Waals surface area contributed by atoms with Crippen molar-refractivity contribution in [2.45, 2.75) is 25.8 Å². The highest BCUT2D eigenvalue weighted by Gasteiger charge is 2.26. The van der Waals surface area contributed by atoms with Crippen molar-refractivity contribution in [1.29, 1.82) is 0 Å². The molecule has 0 unspecified atom stereocenters. The van der Waals surface area contributed by atoms with Gasteiger partial charge in [0.05, 0.1) is 12.9 Å². The van der Waals surface area contributed by atoms with Gasteiger partial charge in [0.2, 0.25) is 10.0 Å². The van der Waals surface area contributed by atoms with E-state index in [0.717, 1.165) is 24.8 Å². The van der Waals surface area contributed by atoms with Gasteiger partial charge in [-0.3, -0.25) is 4.79 Å². The maximum absolute atomic E-state index is 12.5. The molecule has 1 amide bonds. The van der Waals surface area contributed by atoms with Crippen LogP contribution in [0.4, 0.5) is 0 Å². The topological polar surface area (TPSA) is 75.7 Å². The number of hydrogen-bond donors (Lipinski definition) is 1. The molecule has 7 heteroatoms. The zero-order valence-electron chi connectivity index (χ0n) is 12.9. The first kappa shape index (κ1) is 16.8. The van der Waals surface area contributed by atoms with Gasteiger partial charge < -0.3 is 9.64 Å². The summed E-state index contributed by atoms with van der Waals surface area (Å²) in [6, 6.07) is 6.80. The fourth-order valence-corrected chi connectivity index (χ4v) is 3.40. The molecule has 0 radical (unpaired) electrons. The first-order chi connectivity index (χ1) is 10.4. The van der Waals surface area contributed by atoms with E-state index in [9.17, 15) is 13.2 Å². The lowest BCUT2D eigenvalue weighted by atomic mass is 10.1. The van der Waals surface area contributed by atoms with Crippen molar-refractivity contribution < 1.29 is 17.9 Å². The van der Waals surface area contributed by atoms with E-state index in [2.05, 4.69) is 4.72 Å². The summed E-state index contributed by atoms with van der Waals surface area (Å²) in [4.78, 5) is 14.2. The normalized spacial score (nSPS) is 19.0. The van der Waals surface area contributed by atoms with Crippen LogP contribution in [0.15, 0.2) is 24.3 Å². The Kier molecular flexibility index (Phi) is 5.42. The highest BCUT2D eigenvalue weighted by molar-refractivity contribution is 7.88. The highest BCUT2D eigenvalue weighted by Crippen LogP contribution is 2.17. The Labute approximate surface area is 131 Å². The zero-order chi connectivity index (χ0) is 16.2. The predicted molar refractivity (Wildman–Crippen MR) is 84.5 cm³/mol. The second kappa shape index (κ2) is 7.11. The molecule has 1 aromatic carbocycles. The van der Waals surface area contributed by atoms with Crippen LogP contribution in [0.2, 0.25) is 0 Å². The summed E-state index contributed by atoms with van der Waals surface area (Å²) in [6.07, 6.45) is 2.68. The molecule has 0 aromatic heterocycles. The molecule has 0 saturated carbocycles. The number of amides is 1. The van der Waals surface area contributed by atoms with Crippen LogP contribution in [0, 0.1) is 0 Å². The Bertz CT molecular complexity index is 613. The van der Waals surface area contributed by atoms with Crippen LogP contribution in [0.25, 0.3) is 0 Å². The third-order valence-corrected chi connectivity index (χ3v) is 4.26.